The molecule has 0 saturated heterocycles. The topological polar surface area (TPSA) is 49.3 Å². The number of benzene rings is 1. The predicted molar refractivity (Wildman–Crippen MR) is 61.1 cm³/mol. The number of carbonyl (C=O) groups is 1. The molecule has 0 unspecified atom stereocenters. The quantitative estimate of drug-likeness (QED) is 0.824. The van der Waals surface area contributed by atoms with Crippen LogP contribution in [0.2, 0.25) is 0 Å². The smallest absolute Gasteiger partial charge is 0.258 e. The highest BCUT2D eigenvalue weighted by Gasteiger charge is 2.30. The molecule has 1 atom stereocenters. The van der Waals surface area contributed by atoms with E-state index in [4.69, 9.17) is 0 Å². The van der Waals surface area contributed by atoms with Gasteiger partial charge in [-0.2, -0.15) is 0 Å². The van der Waals surface area contributed by atoms with Gasteiger partial charge in [0.15, 0.2) is 5.60 Å². The summed E-state index contributed by atoms with van der Waals surface area (Å²) < 4.78 is 12.4. The van der Waals surface area contributed by atoms with Gasteiger partial charge in [-0.15, -0.1) is 0 Å². The largest absolute Gasteiger partial charge is 0.378 e. The van der Waals surface area contributed by atoms with Gasteiger partial charge in [0.25, 0.3) is 5.91 Å². The van der Waals surface area contributed by atoms with Gasteiger partial charge in [0, 0.05) is 5.69 Å². The maximum absolute atomic E-state index is 12.4. The summed E-state index contributed by atoms with van der Waals surface area (Å²) in [6.07, 6.45) is 0. The van der Waals surface area contributed by atoms with Crippen LogP contribution in [0.15, 0.2) is 18.2 Å². The number of hydrogen-bond donors (Lipinski definition) is 2. The minimum absolute atomic E-state index is 0.557. The molecule has 0 aliphatic rings. The lowest BCUT2D eigenvalue weighted by molar-refractivity contribution is -0.133. The van der Waals surface area contributed by atoms with Crippen LogP contribution in [0, 0.1) is 13.8 Å². The van der Waals surface area contributed by atoms with Gasteiger partial charge in [0.2, 0.25) is 0 Å². The molecule has 0 aliphatic heterocycles. The lowest BCUT2D eigenvalue weighted by Crippen LogP contribution is -2.41. The molecule has 0 radical (unpaired) electrons. The maximum atomic E-state index is 12.4. The third-order valence-electron chi connectivity index (χ3n) is 2.51. The molecular weight excluding hydrogens is 208 g/mol. The van der Waals surface area contributed by atoms with E-state index in [1.165, 1.54) is 0 Å². The number of aryl methyl sites for hydroxylation is 2. The van der Waals surface area contributed by atoms with Gasteiger partial charge in [-0.05, 0) is 44.0 Å². The molecule has 0 aliphatic carbocycles. The molecule has 16 heavy (non-hydrogen) atoms. The predicted octanol–water partition coefficient (Wildman–Crippen LogP) is 1.96. The molecule has 88 valence electrons. The van der Waals surface area contributed by atoms with Crippen LogP contribution in [0.5, 0.6) is 0 Å². The average molecular weight is 224 g/mol. The molecule has 2 N–H and O–H groups in total. The van der Waals surface area contributed by atoms with E-state index in [1.54, 1.807) is 12.1 Å². The molecule has 0 spiro atoms. The zero-order valence-corrected chi connectivity index (χ0v) is 9.67. The van der Waals surface area contributed by atoms with Gasteiger partial charge in [-0.25, -0.2) is 4.39 Å². The van der Waals surface area contributed by atoms with E-state index in [1.807, 2.05) is 19.9 Å². The summed E-state index contributed by atoms with van der Waals surface area (Å²) in [5, 5.41) is 11.9. The zero-order valence-electron chi connectivity index (χ0n) is 9.67. The summed E-state index contributed by atoms with van der Waals surface area (Å²) in [6.45, 7) is 3.91. The van der Waals surface area contributed by atoms with E-state index in [0.717, 1.165) is 18.1 Å². The van der Waals surface area contributed by atoms with E-state index < -0.39 is 18.2 Å². The van der Waals surface area contributed by atoms with Crippen molar-refractivity contribution in [1.29, 1.82) is 0 Å². The minimum atomic E-state index is -1.97. The highest BCUT2D eigenvalue weighted by molar-refractivity contribution is 5.97. The van der Waals surface area contributed by atoms with Gasteiger partial charge in [-0.3, -0.25) is 4.79 Å². The van der Waals surface area contributed by atoms with Crippen molar-refractivity contribution >= 4 is 11.6 Å². The Morgan fingerprint density at radius 3 is 2.56 bits per heavy atom. The number of amides is 1. The minimum Gasteiger partial charge on any atom is -0.378 e. The number of aliphatic hydroxyl groups is 1. The van der Waals surface area contributed by atoms with Gasteiger partial charge in [0.1, 0.15) is 6.67 Å². The summed E-state index contributed by atoms with van der Waals surface area (Å²) in [6, 6.07) is 5.35. The highest BCUT2D eigenvalue weighted by Crippen LogP contribution is 2.16. The number of alkyl halides is 1. The van der Waals surface area contributed by atoms with Crippen LogP contribution in [0.1, 0.15) is 18.1 Å². The molecule has 1 aromatic rings. The monoisotopic (exact) mass is 224 g/mol. The fraction of sp³-hybridized carbons (Fsp3) is 0.417. The molecule has 0 heterocycles. The van der Waals surface area contributed by atoms with E-state index >= 15 is 0 Å². The van der Waals surface area contributed by atoms with Crippen LogP contribution in [-0.2, 0) is 4.79 Å². The molecule has 1 rings (SSSR count). The van der Waals surface area contributed by atoms with Crippen LogP contribution >= 0.6 is 0 Å². The molecule has 0 saturated carbocycles. The fourth-order valence-electron chi connectivity index (χ4n) is 1.15. The first kappa shape index (κ1) is 12.6. The van der Waals surface area contributed by atoms with E-state index in [0.29, 0.717) is 5.69 Å². The first-order valence-corrected chi connectivity index (χ1v) is 5.04. The number of carbonyl (C=O) groups excluding carboxylic acids is 1. The second-order valence-corrected chi connectivity index (χ2v) is 4.16. The third-order valence-corrected chi connectivity index (χ3v) is 2.51. The SMILES string of the molecule is Cc1ccc(NC(=O)[C@@](C)(O)C[18F])cc1C. The maximum Gasteiger partial charge on any atom is 0.258 e. The summed E-state index contributed by atoms with van der Waals surface area (Å²) >= 11 is 0. The van der Waals surface area contributed by atoms with Crippen molar-refractivity contribution in [2.24, 2.45) is 0 Å². The van der Waals surface area contributed by atoms with Gasteiger partial charge in [-0.1, -0.05) is 6.07 Å². The van der Waals surface area contributed by atoms with Crippen LogP contribution in [0.25, 0.3) is 0 Å². The van der Waals surface area contributed by atoms with E-state index in [2.05, 4.69) is 5.32 Å². The summed E-state index contributed by atoms with van der Waals surface area (Å²) in [5.41, 5.74) is 0.716. The first-order valence-electron chi connectivity index (χ1n) is 5.04. The zero-order chi connectivity index (χ0) is 12.3. The summed E-state index contributed by atoms with van der Waals surface area (Å²) in [4.78, 5) is 11.5. The summed E-state index contributed by atoms with van der Waals surface area (Å²) in [5.74, 6) is -0.738. The Bertz CT molecular complexity index is 402. The molecule has 4 heteroatoms. The Labute approximate surface area is 94.3 Å². The lowest BCUT2D eigenvalue weighted by atomic mass is 10.1. The van der Waals surface area contributed by atoms with Crippen molar-refractivity contribution in [2.75, 3.05) is 12.0 Å². The van der Waals surface area contributed by atoms with E-state index in [9.17, 15) is 14.3 Å². The van der Waals surface area contributed by atoms with Crippen molar-refractivity contribution in [3.05, 3.63) is 29.3 Å². The van der Waals surface area contributed by atoms with Crippen molar-refractivity contribution in [2.45, 2.75) is 26.4 Å². The van der Waals surface area contributed by atoms with Crippen LogP contribution in [0.4, 0.5) is 10.1 Å². The van der Waals surface area contributed by atoms with Gasteiger partial charge >= 0.3 is 0 Å². The molecule has 0 fully saturated rings. The molecule has 0 bridgehead atoms. The highest BCUT2D eigenvalue weighted by atomic mass is 18.2. The number of nitrogens with one attached hydrogen (secondary N) is 1. The average Bonchev–Trinajstić information content (AvgIpc) is 2.23. The van der Waals surface area contributed by atoms with Crippen molar-refractivity contribution in [3.8, 4) is 0 Å². The fourth-order valence-corrected chi connectivity index (χ4v) is 1.15. The lowest BCUT2D eigenvalue weighted by Gasteiger charge is -2.18. The Balaban J connectivity index is 2.82. The van der Waals surface area contributed by atoms with Crippen molar-refractivity contribution in [1.82, 2.24) is 0 Å². The van der Waals surface area contributed by atoms with E-state index in [-0.39, 0.29) is 0 Å². The Hall–Kier alpha value is -1.42. The second-order valence-electron chi connectivity index (χ2n) is 4.16. The molecular formula is C12H16FNO2. The molecule has 3 nitrogen and oxygen atoms in total. The van der Waals surface area contributed by atoms with Crippen molar-refractivity contribution in [3.63, 3.8) is 0 Å². The molecule has 1 aromatic carbocycles. The molecule has 0 aromatic heterocycles. The standard InChI is InChI=1S/C12H16FNO2/c1-8-4-5-10(6-9(8)2)14-11(15)12(3,16)7-13/h4-6,16H,7H2,1-3H3,(H,14,15)/t12-/m0/s1/i13-1. The Morgan fingerprint density at radius 1 is 1.44 bits per heavy atom. The Morgan fingerprint density at radius 2 is 2.06 bits per heavy atom. The van der Waals surface area contributed by atoms with Crippen LogP contribution < -0.4 is 5.32 Å². The van der Waals surface area contributed by atoms with Gasteiger partial charge < -0.3 is 10.4 Å². The number of hydrogen-bond acceptors (Lipinski definition) is 2. The summed E-state index contributed by atoms with van der Waals surface area (Å²) in [7, 11) is 0. The Kier molecular flexibility index (Phi) is 3.65. The van der Waals surface area contributed by atoms with Gasteiger partial charge in [0.05, 0.1) is 0 Å². The second kappa shape index (κ2) is 4.61. The number of rotatable bonds is 3. The number of halogens is 1. The third kappa shape index (κ3) is 2.79. The van der Waals surface area contributed by atoms with Crippen LogP contribution in [0.3, 0.4) is 0 Å². The molecule has 1 amide bonds. The van der Waals surface area contributed by atoms with Crippen molar-refractivity contribution < 1.29 is 14.3 Å². The normalized spacial score (nSPS) is 14.3. The number of anilines is 1. The first-order chi connectivity index (χ1) is 7.36. The van der Waals surface area contributed by atoms with Crippen LogP contribution in [-0.4, -0.2) is 23.3 Å².